The molecule has 0 spiro atoms. The van der Waals surface area contributed by atoms with E-state index in [0.717, 1.165) is 0 Å². The Bertz CT molecular complexity index is 977. The number of rotatable bonds is 10. The van der Waals surface area contributed by atoms with Crippen LogP contribution in [-0.2, 0) is 19.1 Å². The van der Waals surface area contributed by atoms with Gasteiger partial charge >= 0.3 is 24.3 Å². The van der Waals surface area contributed by atoms with Crippen LogP contribution in [0.15, 0.2) is 60.7 Å². The van der Waals surface area contributed by atoms with Gasteiger partial charge in [-0.3, -0.25) is 9.59 Å². The highest BCUT2D eigenvalue weighted by Crippen LogP contribution is 2.50. The van der Waals surface area contributed by atoms with Gasteiger partial charge < -0.3 is 9.47 Å². The fourth-order valence-electron chi connectivity index (χ4n) is 3.44. The monoisotopic (exact) mass is 522 g/mol. The molecule has 0 aliphatic rings. The predicted octanol–water partition coefficient (Wildman–Crippen LogP) is 7.21. The fourth-order valence-corrected chi connectivity index (χ4v) is 3.44. The predicted molar refractivity (Wildman–Crippen MR) is 115 cm³/mol. The first-order valence-corrected chi connectivity index (χ1v) is 11.0. The lowest BCUT2D eigenvalue weighted by Crippen LogP contribution is -2.54. The molecule has 0 aliphatic carbocycles. The van der Waals surface area contributed by atoms with Crippen LogP contribution in [0.1, 0.15) is 56.4 Å². The Morgan fingerprint density at radius 2 is 1.14 bits per heavy atom. The van der Waals surface area contributed by atoms with Crippen molar-refractivity contribution in [2.45, 2.75) is 63.3 Å². The van der Waals surface area contributed by atoms with Gasteiger partial charge in [-0.1, -0.05) is 60.7 Å². The van der Waals surface area contributed by atoms with Crippen molar-refractivity contribution < 1.29 is 49.8 Å². The Labute approximate surface area is 203 Å². The molecule has 198 valence electrons. The summed E-state index contributed by atoms with van der Waals surface area (Å²) in [7, 11) is 0. The summed E-state index contributed by atoms with van der Waals surface area (Å²) in [4.78, 5) is 24.9. The summed E-state index contributed by atoms with van der Waals surface area (Å²) in [6.07, 6.45) is -18.4. The normalized spacial score (nSPS) is 15.0. The first-order chi connectivity index (χ1) is 16.7. The summed E-state index contributed by atoms with van der Waals surface area (Å²) in [5.41, 5.74) is -4.67. The largest absolute Gasteiger partial charge is 0.458 e. The molecule has 36 heavy (non-hydrogen) atoms. The number of alkyl halides is 7. The van der Waals surface area contributed by atoms with Crippen LogP contribution in [0.5, 0.6) is 0 Å². The van der Waals surface area contributed by atoms with Crippen molar-refractivity contribution in [3.63, 3.8) is 0 Å². The maximum atomic E-state index is 14.5. The zero-order chi connectivity index (χ0) is 27.1. The quantitative estimate of drug-likeness (QED) is 0.244. The molecule has 3 atom stereocenters. The SMILES string of the molecule is CC(OC(=O)CCC(CC(F)(C(F)(F)F)C(F)(F)F)C(=O)OC(C)c1ccccc1)c1ccccc1. The minimum atomic E-state index is -6.35. The average molecular weight is 522 g/mol. The topological polar surface area (TPSA) is 52.6 Å². The summed E-state index contributed by atoms with van der Waals surface area (Å²) in [5, 5.41) is 0. The molecule has 0 N–H and O–H groups in total. The highest BCUT2D eigenvalue weighted by molar-refractivity contribution is 5.75. The van der Waals surface area contributed by atoms with E-state index in [2.05, 4.69) is 0 Å². The van der Waals surface area contributed by atoms with Gasteiger partial charge in [-0.05, 0) is 31.4 Å². The minimum Gasteiger partial charge on any atom is -0.458 e. The number of carbonyl (C=O) groups is 2. The molecule has 0 saturated carbocycles. The number of halogens is 7. The van der Waals surface area contributed by atoms with Crippen molar-refractivity contribution in [2.75, 3.05) is 0 Å². The van der Waals surface area contributed by atoms with Crippen molar-refractivity contribution in [1.82, 2.24) is 0 Å². The van der Waals surface area contributed by atoms with Crippen molar-refractivity contribution in [3.05, 3.63) is 71.8 Å². The molecule has 0 aliphatic heterocycles. The first kappa shape index (κ1) is 29.1. The molecule has 0 heterocycles. The van der Waals surface area contributed by atoms with Crippen molar-refractivity contribution in [3.8, 4) is 0 Å². The molecule has 4 nitrogen and oxygen atoms in total. The third kappa shape index (κ3) is 7.44. The summed E-state index contributed by atoms with van der Waals surface area (Å²) in [6, 6.07) is 16.2. The molecule has 0 radical (unpaired) electrons. The summed E-state index contributed by atoms with van der Waals surface area (Å²) < 4.78 is 104. The molecular weight excluding hydrogens is 497 g/mol. The molecule has 0 bridgehead atoms. The van der Waals surface area contributed by atoms with E-state index in [0.29, 0.717) is 11.1 Å². The van der Waals surface area contributed by atoms with Gasteiger partial charge in [0.25, 0.3) is 5.67 Å². The highest BCUT2D eigenvalue weighted by atomic mass is 19.4. The molecule has 0 saturated heterocycles. The third-order valence-corrected chi connectivity index (χ3v) is 5.60. The Balaban J connectivity index is 2.20. The van der Waals surface area contributed by atoms with Crippen molar-refractivity contribution in [2.24, 2.45) is 5.92 Å². The maximum absolute atomic E-state index is 14.5. The molecule has 2 aromatic rings. The Hall–Kier alpha value is -3.11. The number of hydrogen-bond donors (Lipinski definition) is 0. The van der Waals surface area contributed by atoms with Crippen LogP contribution in [-0.4, -0.2) is 30.0 Å². The molecule has 0 amide bonds. The van der Waals surface area contributed by atoms with Crippen LogP contribution in [0.2, 0.25) is 0 Å². The van der Waals surface area contributed by atoms with E-state index in [1.807, 2.05) is 0 Å². The van der Waals surface area contributed by atoms with Crippen LogP contribution >= 0.6 is 0 Å². The molecule has 11 heteroatoms. The van der Waals surface area contributed by atoms with E-state index in [9.17, 15) is 40.3 Å². The molecule has 0 fully saturated rings. The number of esters is 2. The average Bonchev–Trinajstić information content (AvgIpc) is 2.81. The third-order valence-electron chi connectivity index (χ3n) is 5.60. The van der Waals surface area contributed by atoms with Crippen LogP contribution in [0.4, 0.5) is 30.7 Å². The lowest BCUT2D eigenvalue weighted by Gasteiger charge is -2.32. The lowest BCUT2D eigenvalue weighted by molar-refractivity contribution is -0.345. The maximum Gasteiger partial charge on any atom is 0.431 e. The van der Waals surface area contributed by atoms with Crippen molar-refractivity contribution in [1.29, 1.82) is 0 Å². The second-order valence-corrected chi connectivity index (χ2v) is 8.27. The van der Waals surface area contributed by atoms with Crippen molar-refractivity contribution >= 4 is 11.9 Å². The Morgan fingerprint density at radius 3 is 1.56 bits per heavy atom. The van der Waals surface area contributed by atoms with E-state index in [1.165, 1.54) is 26.0 Å². The zero-order valence-corrected chi connectivity index (χ0v) is 19.4. The summed E-state index contributed by atoms with van der Waals surface area (Å²) >= 11 is 0. The summed E-state index contributed by atoms with van der Waals surface area (Å²) in [5.74, 6) is -4.71. The van der Waals surface area contributed by atoms with Crippen LogP contribution < -0.4 is 0 Å². The Kier molecular flexibility index (Phi) is 9.51. The van der Waals surface area contributed by atoms with Crippen LogP contribution in [0, 0.1) is 5.92 Å². The van der Waals surface area contributed by atoms with Gasteiger partial charge in [-0.15, -0.1) is 0 Å². The van der Waals surface area contributed by atoms with E-state index in [-0.39, 0.29) is 0 Å². The molecule has 2 aromatic carbocycles. The Morgan fingerprint density at radius 1 is 0.722 bits per heavy atom. The molecule has 0 aromatic heterocycles. The minimum absolute atomic E-state index is 0.416. The zero-order valence-electron chi connectivity index (χ0n) is 19.4. The van der Waals surface area contributed by atoms with Crippen LogP contribution in [0.3, 0.4) is 0 Å². The first-order valence-electron chi connectivity index (χ1n) is 11.0. The number of hydrogen-bond acceptors (Lipinski definition) is 4. The van der Waals surface area contributed by atoms with E-state index < -0.39 is 67.3 Å². The molecule has 3 unspecified atom stereocenters. The fraction of sp³-hybridized carbons (Fsp3) is 0.440. The van der Waals surface area contributed by atoms with E-state index >= 15 is 0 Å². The standard InChI is InChI=1S/C25H25F7O4/c1-16(18-9-5-3-6-10-18)35-21(33)14-13-20(15-23(26,24(27,28)29)25(30,31)32)22(34)36-17(2)19-11-7-4-8-12-19/h3-12,16-17,20H,13-15H2,1-2H3. The lowest BCUT2D eigenvalue weighted by atomic mass is 9.87. The van der Waals surface area contributed by atoms with Gasteiger partial charge in [0.1, 0.15) is 12.2 Å². The van der Waals surface area contributed by atoms with Gasteiger partial charge in [0, 0.05) is 12.8 Å². The summed E-state index contributed by atoms with van der Waals surface area (Å²) in [6.45, 7) is 2.87. The van der Waals surface area contributed by atoms with Gasteiger partial charge in [0.2, 0.25) is 0 Å². The second-order valence-electron chi connectivity index (χ2n) is 8.27. The number of ether oxygens (including phenoxy) is 2. The van der Waals surface area contributed by atoms with Gasteiger partial charge in [0.15, 0.2) is 0 Å². The van der Waals surface area contributed by atoms with E-state index in [4.69, 9.17) is 9.47 Å². The number of benzene rings is 2. The van der Waals surface area contributed by atoms with Crippen LogP contribution in [0.25, 0.3) is 0 Å². The molecule has 2 rings (SSSR count). The van der Waals surface area contributed by atoms with E-state index in [1.54, 1.807) is 48.5 Å². The van der Waals surface area contributed by atoms with Gasteiger partial charge in [-0.25, -0.2) is 4.39 Å². The number of carbonyl (C=O) groups excluding carboxylic acids is 2. The highest BCUT2D eigenvalue weighted by Gasteiger charge is 2.73. The van der Waals surface area contributed by atoms with Gasteiger partial charge in [0.05, 0.1) is 5.92 Å². The second kappa shape index (κ2) is 11.7. The molecular formula is C25H25F7O4. The van der Waals surface area contributed by atoms with Gasteiger partial charge in [-0.2, -0.15) is 26.3 Å². The smallest absolute Gasteiger partial charge is 0.431 e.